The maximum atomic E-state index is 6.14. The van der Waals surface area contributed by atoms with Crippen molar-refractivity contribution in [2.75, 3.05) is 37.7 Å². The number of nitrogens with two attached hydrogens (primary N) is 1. The highest BCUT2D eigenvalue weighted by atomic mass is 15.5. The van der Waals surface area contributed by atoms with E-state index in [0.717, 1.165) is 41.6 Å². The van der Waals surface area contributed by atoms with Gasteiger partial charge in [0.05, 0.1) is 5.69 Å². The van der Waals surface area contributed by atoms with Gasteiger partial charge in [-0.1, -0.05) is 6.92 Å². The fourth-order valence-corrected chi connectivity index (χ4v) is 4.58. The lowest BCUT2D eigenvalue weighted by molar-refractivity contribution is 0.115. The first kappa shape index (κ1) is 18.6. The van der Waals surface area contributed by atoms with Crippen LogP contribution in [0.15, 0.2) is 12.4 Å². The van der Waals surface area contributed by atoms with Crippen molar-refractivity contribution in [2.24, 2.45) is 0 Å². The Balaban J connectivity index is 1.43. The van der Waals surface area contributed by atoms with Crippen LogP contribution in [0.1, 0.15) is 43.9 Å². The van der Waals surface area contributed by atoms with E-state index in [1.165, 1.54) is 44.3 Å². The number of nitrogens with one attached hydrogen (secondary N) is 2. The Morgan fingerprint density at radius 1 is 1.14 bits per heavy atom. The van der Waals surface area contributed by atoms with Gasteiger partial charge >= 0.3 is 0 Å². The first-order valence-corrected chi connectivity index (χ1v) is 10.8. The Morgan fingerprint density at radius 2 is 1.93 bits per heavy atom. The van der Waals surface area contributed by atoms with Crippen LogP contribution in [0.4, 0.5) is 11.6 Å². The van der Waals surface area contributed by atoms with Gasteiger partial charge in [0.2, 0.25) is 0 Å². The average molecular weight is 395 g/mol. The molecule has 1 aliphatic carbocycles. The molecule has 4 heterocycles. The molecule has 8 nitrogen and oxygen atoms in total. The minimum absolute atomic E-state index is 0.435. The van der Waals surface area contributed by atoms with E-state index in [4.69, 9.17) is 15.7 Å². The Hall–Kier alpha value is -2.45. The average Bonchev–Trinajstić information content (AvgIpc) is 3.50. The molecule has 4 N–H and O–H groups in total. The largest absolute Gasteiger partial charge is 0.382 e. The molecule has 154 valence electrons. The van der Waals surface area contributed by atoms with Crippen LogP contribution < -0.4 is 16.5 Å². The molecule has 0 bridgehead atoms. The van der Waals surface area contributed by atoms with Crippen LogP contribution >= 0.6 is 0 Å². The molecule has 2 fully saturated rings. The smallest absolute Gasteiger partial charge is 0.151 e. The summed E-state index contributed by atoms with van der Waals surface area (Å²) in [5, 5.41) is 5.47. The summed E-state index contributed by atoms with van der Waals surface area (Å²) in [6.07, 6.45) is 10.1. The first-order valence-electron chi connectivity index (χ1n) is 10.8. The van der Waals surface area contributed by atoms with Crippen molar-refractivity contribution in [1.82, 2.24) is 30.3 Å². The predicted molar refractivity (Wildman–Crippen MR) is 116 cm³/mol. The number of anilines is 2. The van der Waals surface area contributed by atoms with Crippen molar-refractivity contribution >= 4 is 28.2 Å². The van der Waals surface area contributed by atoms with Crippen LogP contribution in [0.5, 0.6) is 0 Å². The summed E-state index contributed by atoms with van der Waals surface area (Å²) in [6.45, 7) is 5.26. The van der Waals surface area contributed by atoms with Gasteiger partial charge < -0.3 is 21.0 Å². The highest BCUT2D eigenvalue weighted by molar-refractivity contribution is 5.95. The predicted octanol–water partition coefficient (Wildman–Crippen LogP) is 2.00. The lowest BCUT2D eigenvalue weighted by atomic mass is 10.0. The number of hydrazine groups is 1. The molecule has 1 saturated carbocycles. The van der Waals surface area contributed by atoms with Crippen molar-refractivity contribution in [1.29, 1.82) is 0 Å². The number of hydrogen-bond donors (Lipinski definition) is 3. The molecule has 8 heteroatoms. The van der Waals surface area contributed by atoms with E-state index in [2.05, 4.69) is 38.8 Å². The lowest BCUT2D eigenvalue weighted by Crippen LogP contribution is -2.46. The molecule has 0 aromatic carbocycles. The summed E-state index contributed by atoms with van der Waals surface area (Å²) >= 11 is 0. The maximum absolute atomic E-state index is 6.14. The zero-order chi connectivity index (χ0) is 20.0. The van der Waals surface area contributed by atoms with Gasteiger partial charge in [0.15, 0.2) is 5.82 Å². The zero-order valence-electron chi connectivity index (χ0n) is 17.3. The van der Waals surface area contributed by atoms with Crippen molar-refractivity contribution < 1.29 is 0 Å². The lowest BCUT2D eigenvalue weighted by Gasteiger charge is -2.36. The molecule has 0 spiro atoms. The summed E-state index contributed by atoms with van der Waals surface area (Å²) in [5.41, 5.74) is 14.3. The first-order chi connectivity index (χ1) is 14.2. The summed E-state index contributed by atoms with van der Waals surface area (Å²) < 4.78 is 0. The highest BCUT2D eigenvalue weighted by Gasteiger charge is 2.34. The van der Waals surface area contributed by atoms with Gasteiger partial charge in [0.1, 0.15) is 16.9 Å². The van der Waals surface area contributed by atoms with Gasteiger partial charge in [-0.05, 0) is 37.7 Å². The van der Waals surface area contributed by atoms with E-state index in [1.807, 2.05) is 13.2 Å². The molecule has 1 saturated heterocycles. The summed E-state index contributed by atoms with van der Waals surface area (Å²) in [5.74, 6) is 1.24. The number of aryl methyl sites for hydroxylation is 1. The van der Waals surface area contributed by atoms with E-state index in [-0.39, 0.29) is 0 Å². The topological polar surface area (TPSA) is 95.2 Å². The van der Waals surface area contributed by atoms with E-state index >= 15 is 0 Å². The second kappa shape index (κ2) is 7.42. The number of aromatic nitrogens is 3. The summed E-state index contributed by atoms with van der Waals surface area (Å²) in [4.78, 5) is 16.7. The quantitative estimate of drug-likeness (QED) is 0.709. The minimum Gasteiger partial charge on any atom is -0.382 e. The number of pyridine rings is 1. The van der Waals surface area contributed by atoms with E-state index in [1.54, 1.807) is 0 Å². The molecule has 29 heavy (non-hydrogen) atoms. The molecular formula is C21H30N8. The van der Waals surface area contributed by atoms with Crippen molar-refractivity contribution in [2.45, 2.75) is 51.1 Å². The van der Waals surface area contributed by atoms with Crippen LogP contribution in [-0.4, -0.2) is 63.6 Å². The fraction of sp³-hybridized carbons (Fsp3) is 0.571. The standard InChI is InChI=1S/C21H30N8/c1-3-17-21(23-2)27-18-16(11-24-20(22)19(18)26-17)13-10-25-29(12-13)15-6-8-28(9-7-15)14-4-5-14/h11-12,14-15,25H,3-10H2,1-2H3,(H2,22,24)(H,23,27). The Labute approximate surface area is 171 Å². The Bertz CT molecular complexity index is 943. The number of nitrogens with zero attached hydrogens (tertiary/aromatic N) is 5. The molecule has 0 amide bonds. The summed E-state index contributed by atoms with van der Waals surface area (Å²) in [6, 6.07) is 1.41. The van der Waals surface area contributed by atoms with Crippen molar-refractivity contribution in [3.8, 4) is 0 Å². The molecule has 2 aliphatic heterocycles. The van der Waals surface area contributed by atoms with Crippen LogP contribution in [0.3, 0.4) is 0 Å². The van der Waals surface area contributed by atoms with Gasteiger partial charge in [-0.2, -0.15) is 0 Å². The number of hydrogen-bond acceptors (Lipinski definition) is 8. The fourth-order valence-electron chi connectivity index (χ4n) is 4.58. The minimum atomic E-state index is 0.435. The zero-order valence-corrected chi connectivity index (χ0v) is 17.3. The third-order valence-corrected chi connectivity index (χ3v) is 6.42. The number of likely N-dealkylation sites (tertiary alicyclic amines) is 1. The van der Waals surface area contributed by atoms with Gasteiger partial charge in [-0.25, -0.2) is 20.4 Å². The van der Waals surface area contributed by atoms with Gasteiger partial charge in [-0.3, -0.25) is 0 Å². The highest BCUT2D eigenvalue weighted by Crippen LogP contribution is 2.33. The second-order valence-electron chi connectivity index (χ2n) is 8.27. The van der Waals surface area contributed by atoms with Crippen molar-refractivity contribution in [3.63, 3.8) is 0 Å². The molecule has 0 unspecified atom stereocenters. The third kappa shape index (κ3) is 3.40. The second-order valence-corrected chi connectivity index (χ2v) is 8.27. The normalized spacial score (nSPS) is 21.0. The molecule has 5 rings (SSSR count). The monoisotopic (exact) mass is 394 g/mol. The molecule has 2 aromatic heterocycles. The SMILES string of the molecule is CCc1nc2c(N)ncc(C3=CN(C4CCN(C5CC5)CC4)NC3)c2nc1NC. The Morgan fingerprint density at radius 3 is 2.62 bits per heavy atom. The van der Waals surface area contributed by atoms with Crippen molar-refractivity contribution in [3.05, 3.63) is 23.7 Å². The molecule has 3 aliphatic rings. The maximum Gasteiger partial charge on any atom is 0.151 e. The number of piperidine rings is 1. The molecule has 0 atom stereocenters. The number of nitrogen functional groups attached to an aromatic ring is 1. The molecular weight excluding hydrogens is 364 g/mol. The van der Waals surface area contributed by atoms with E-state index < -0.39 is 0 Å². The number of rotatable bonds is 5. The Kier molecular flexibility index (Phi) is 4.75. The summed E-state index contributed by atoms with van der Waals surface area (Å²) in [7, 11) is 1.88. The molecule has 0 radical (unpaired) electrons. The van der Waals surface area contributed by atoms with E-state index in [9.17, 15) is 0 Å². The van der Waals surface area contributed by atoms with Crippen LogP contribution in [-0.2, 0) is 6.42 Å². The van der Waals surface area contributed by atoms with Gasteiger partial charge in [0.25, 0.3) is 0 Å². The number of fused-ring (bicyclic) bond motifs is 1. The van der Waals surface area contributed by atoms with E-state index in [0.29, 0.717) is 17.4 Å². The van der Waals surface area contributed by atoms with Gasteiger partial charge in [0, 0.05) is 56.7 Å². The third-order valence-electron chi connectivity index (χ3n) is 6.42. The van der Waals surface area contributed by atoms with Crippen LogP contribution in [0.2, 0.25) is 0 Å². The van der Waals surface area contributed by atoms with Crippen LogP contribution in [0.25, 0.3) is 16.6 Å². The molecule has 2 aromatic rings. The van der Waals surface area contributed by atoms with Crippen LogP contribution in [0, 0.1) is 0 Å². The van der Waals surface area contributed by atoms with Gasteiger partial charge in [-0.15, -0.1) is 0 Å².